The molecule has 4 heteroatoms. The topological polar surface area (TPSA) is 24.9 Å². The van der Waals surface area contributed by atoms with E-state index in [4.69, 9.17) is 9.47 Å². The van der Waals surface area contributed by atoms with Crippen LogP contribution in [0.1, 0.15) is 41.0 Å². The highest BCUT2D eigenvalue weighted by molar-refractivity contribution is 5.20. The van der Waals surface area contributed by atoms with Gasteiger partial charge in [-0.05, 0) is 40.3 Å². The average molecular weight is 296 g/mol. The Kier molecular flexibility index (Phi) is 6.91. The first-order valence-corrected chi connectivity index (χ1v) is 7.87. The molecule has 0 aromatic heterocycles. The van der Waals surface area contributed by atoms with Crippen molar-refractivity contribution in [3.63, 3.8) is 0 Å². The minimum atomic E-state index is -0.409. The van der Waals surface area contributed by atoms with Gasteiger partial charge >= 0.3 is 0 Å². The first kappa shape index (κ1) is 18.2. The maximum absolute atomic E-state index is 5.68. The van der Waals surface area contributed by atoms with E-state index >= 15 is 0 Å². The van der Waals surface area contributed by atoms with E-state index in [1.807, 2.05) is 6.20 Å². The number of allylic oxidation sites excluding steroid dienone is 1. The van der Waals surface area contributed by atoms with Crippen LogP contribution in [0.3, 0.4) is 0 Å². The maximum atomic E-state index is 5.68. The fourth-order valence-corrected chi connectivity index (χ4v) is 2.79. The van der Waals surface area contributed by atoms with E-state index in [1.165, 1.54) is 11.3 Å². The second kappa shape index (κ2) is 7.97. The number of nitrogens with zero attached hydrogens (tertiary/aromatic N) is 2. The monoisotopic (exact) mass is 296 g/mol. The quantitative estimate of drug-likeness (QED) is 0.674. The summed E-state index contributed by atoms with van der Waals surface area (Å²) in [4.78, 5) is 4.65. The summed E-state index contributed by atoms with van der Waals surface area (Å²) in [5.41, 5.74) is 2.26. The van der Waals surface area contributed by atoms with Crippen molar-refractivity contribution < 1.29 is 9.47 Å². The Morgan fingerprint density at radius 3 is 2.43 bits per heavy atom. The third-order valence-electron chi connectivity index (χ3n) is 4.48. The molecule has 0 aromatic rings. The number of rotatable bonds is 7. The van der Waals surface area contributed by atoms with Crippen molar-refractivity contribution in [2.45, 2.75) is 52.8 Å². The van der Waals surface area contributed by atoms with Gasteiger partial charge in [-0.25, -0.2) is 0 Å². The minimum absolute atomic E-state index is 0.321. The van der Waals surface area contributed by atoms with Gasteiger partial charge in [0.15, 0.2) is 0 Å². The van der Waals surface area contributed by atoms with Crippen molar-refractivity contribution in [3.05, 3.63) is 24.0 Å². The Bertz CT molecular complexity index is 371. The van der Waals surface area contributed by atoms with E-state index in [2.05, 4.69) is 51.0 Å². The first-order valence-electron chi connectivity index (χ1n) is 7.87. The maximum Gasteiger partial charge on any atom is 0.138 e. The molecule has 0 amide bonds. The number of hydrogen-bond acceptors (Lipinski definition) is 4. The SMILES string of the molecule is C=CN(/C(=C(/C)CC)C(C)N1CCOCC1)C(C)(C)OC. The second-order valence-electron chi connectivity index (χ2n) is 6.05. The van der Waals surface area contributed by atoms with Crippen molar-refractivity contribution in [3.8, 4) is 0 Å². The second-order valence-corrected chi connectivity index (χ2v) is 6.05. The third kappa shape index (κ3) is 4.31. The molecule has 0 N–H and O–H groups in total. The summed E-state index contributed by atoms with van der Waals surface area (Å²) in [7, 11) is 1.74. The molecule has 0 radical (unpaired) electrons. The molecule has 4 nitrogen and oxygen atoms in total. The molecule has 0 aromatic carbocycles. The summed E-state index contributed by atoms with van der Waals surface area (Å²) >= 11 is 0. The molecule has 122 valence electrons. The lowest BCUT2D eigenvalue weighted by molar-refractivity contribution is -0.0773. The summed E-state index contributed by atoms with van der Waals surface area (Å²) in [6, 6.07) is 0.321. The van der Waals surface area contributed by atoms with E-state index in [-0.39, 0.29) is 0 Å². The number of morpholine rings is 1. The highest BCUT2D eigenvalue weighted by atomic mass is 16.5. The van der Waals surface area contributed by atoms with Crippen LogP contribution in [0.15, 0.2) is 24.0 Å². The van der Waals surface area contributed by atoms with Crippen molar-refractivity contribution in [2.75, 3.05) is 33.4 Å². The molecule has 1 unspecified atom stereocenters. The Morgan fingerprint density at radius 1 is 1.43 bits per heavy atom. The molecule has 1 fully saturated rings. The predicted octanol–water partition coefficient (Wildman–Crippen LogP) is 3.22. The van der Waals surface area contributed by atoms with Gasteiger partial charge in [-0.2, -0.15) is 0 Å². The summed E-state index contributed by atoms with van der Waals surface area (Å²) in [5.74, 6) is 0. The van der Waals surface area contributed by atoms with Gasteiger partial charge in [-0.15, -0.1) is 0 Å². The van der Waals surface area contributed by atoms with Gasteiger partial charge in [0.25, 0.3) is 0 Å². The molecule has 1 aliphatic rings. The van der Waals surface area contributed by atoms with Crippen LogP contribution >= 0.6 is 0 Å². The van der Waals surface area contributed by atoms with Crippen LogP contribution < -0.4 is 0 Å². The Hall–Kier alpha value is -0.840. The fraction of sp³-hybridized carbons (Fsp3) is 0.765. The standard InChI is InChI=1S/C17H32N2O2/c1-8-14(3)16(19(9-2)17(5,6)20-7)15(4)18-10-12-21-13-11-18/h9,15H,2,8,10-13H2,1,3-7H3/b16-14-. The highest BCUT2D eigenvalue weighted by Crippen LogP contribution is 2.29. The van der Waals surface area contributed by atoms with Gasteiger partial charge in [-0.3, -0.25) is 4.90 Å². The van der Waals surface area contributed by atoms with Gasteiger partial charge < -0.3 is 14.4 Å². The minimum Gasteiger partial charge on any atom is -0.379 e. The Labute approximate surface area is 130 Å². The summed E-state index contributed by atoms with van der Waals surface area (Å²) < 4.78 is 11.2. The van der Waals surface area contributed by atoms with Crippen LogP contribution in [0.2, 0.25) is 0 Å². The lowest BCUT2D eigenvalue weighted by Crippen LogP contribution is -2.50. The normalized spacial score (nSPS) is 19.9. The van der Waals surface area contributed by atoms with E-state index in [9.17, 15) is 0 Å². The summed E-state index contributed by atoms with van der Waals surface area (Å²) in [6.07, 6.45) is 2.91. The van der Waals surface area contributed by atoms with E-state index < -0.39 is 5.72 Å². The zero-order valence-corrected chi connectivity index (χ0v) is 14.6. The van der Waals surface area contributed by atoms with Crippen LogP contribution in [-0.4, -0.2) is 55.0 Å². The molecule has 0 saturated carbocycles. The zero-order chi connectivity index (χ0) is 16.0. The molecule has 0 spiro atoms. The van der Waals surface area contributed by atoms with Crippen LogP contribution in [0.4, 0.5) is 0 Å². The largest absolute Gasteiger partial charge is 0.379 e. The van der Waals surface area contributed by atoms with Crippen molar-refractivity contribution in [1.82, 2.24) is 9.80 Å². The summed E-state index contributed by atoms with van der Waals surface area (Å²) in [6.45, 7) is 18.4. The van der Waals surface area contributed by atoms with Crippen molar-refractivity contribution in [2.24, 2.45) is 0 Å². The molecule has 1 heterocycles. The Balaban J connectivity index is 3.13. The Morgan fingerprint density at radius 2 is 2.00 bits per heavy atom. The molecule has 0 aliphatic carbocycles. The first-order chi connectivity index (χ1) is 9.88. The molecular formula is C17H32N2O2. The zero-order valence-electron chi connectivity index (χ0n) is 14.6. The predicted molar refractivity (Wildman–Crippen MR) is 88.0 cm³/mol. The number of methoxy groups -OCH3 is 1. The van der Waals surface area contributed by atoms with Crippen LogP contribution in [-0.2, 0) is 9.47 Å². The molecule has 21 heavy (non-hydrogen) atoms. The van der Waals surface area contributed by atoms with Crippen molar-refractivity contribution in [1.29, 1.82) is 0 Å². The van der Waals surface area contributed by atoms with E-state index in [0.29, 0.717) is 6.04 Å². The summed E-state index contributed by atoms with van der Waals surface area (Å²) in [5, 5.41) is 0. The lowest BCUT2D eigenvalue weighted by Gasteiger charge is -2.44. The molecule has 1 aliphatic heterocycles. The third-order valence-corrected chi connectivity index (χ3v) is 4.48. The number of ether oxygens (including phenoxy) is 2. The van der Waals surface area contributed by atoms with Gasteiger partial charge in [0.2, 0.25) is 0 Å². The highest BCUT2D eigenvalue weighted by Gasteiger charge is 2.32. The smallest absolute Gasteiger partial charge is 0.138 e. The molecule has 1 saturated heterocycles. The molecule has 1 atom stereocenters. The van der Waals surface area contributed by atoms with Gasteiger partial charge in [0.1, 0.15) is 5.72 Å². The van der Waals surface area contributed by atoms with Crippen LogP contribution in [0.5, 0.6) is 0 Å². The van der Waals surface area contributed by atoms with Gasteiger partial charge in [0, 0.05) is 31.9 Å². The van der Waals surface area contributed by atoms with Gasteiger partial charge in [0.05, 0.1) is 13.2 Å². The van der Waals surface area contributed by atoms with E-state index in [1.54, 1.807) is 7.11 Å². The molecule has 1 rings (SSSR count). The molecule has 0 bridgehead atoms. The molecular weight excluding hydrogens is 264 g/mol. The van der Waals surface area contributed by atoms with E-state index in [0.717, 1.165) is 32.7 Å². The van der Waals surface area contributed by atoms with Crippen LogP contribution in [0, 0.1) is 0 Å². The average Bonchev–Trinajstić information content (AvgIpc) is 2.51. The lowest BCUT2D eigenvalue weighted by atomic mass is 10.0. The van der Waals surface area contributed by atoms with Crippen LogP contribution in [0.25, 0.3) is 0 Å². The van der Waals surface area contributed by atoms with Gasteiger partial charge in [-0.1, -0.05) is 19.1 Å². The van der Waals surface area contributed by atoms with Crippen molar-refractivity contribution >= 4 is 0 Å². The fourth-order valence-electron chi connectivity index (χ4n) is 2.79. The number of hydrogen-bond donors (Lipinski definition) is 0.